The molecular weight excluding hydrogens is 264 g/mol. The summed E-state index contributed by atoms with van der Waals surface area (Å²) in [6.45, 7) is 9.84. The van der Waals surface area contributed by atoms with Gasteiger partial charge in [-0.05, 0) is 49.9 Å². The number of rotatable bonds is 4. The van der Waals surface area contributed by atoms with Gasteiger partial charge >= 0.3 is 5.97 Å². The summed E-state index contributed by atoms with van der Waals surface area (Å²) in [5.74, 6) is -0.293. The Labute approximate surface area is 127 Å². The van der Waals surface area contributed by atoms with E-state index >= 15 is 0 Å². The van der Waals surface area contributed by atoms with Gasteiger partial charge in [-0.3, -0.25) is 0 Å². The molecule has 4 bridgehead atoms. The van der Waals surface area contributed by atoms with Crippen molar-refractivity contribution in [3.05, 3.63) is 12.2 Å². The third-order valence-corrected chi connectivity index (χ3v) is 6.36. The van der Waals surface area contributed by atoms with Gasteiger partial charge in [-0.2, -0.15) is 0 Å². The first-order valence-electron chi connectivity index (χ1n) is 8.30. The topological polar surface area (TPSA) is 46.5 Å². The first-order chi connectivity index (χ1) is 9.69. The van der Waals surface area contributed by atoms with Crippen molar-refractivity contribution in [3.63, 3.8) is 0 Å². The number of aliphatic hydroxyl groups is 1. The molecule has 0 aromatic rings. The van der Waals surface area contributed by atoms with Crippen molar-refractivity contribution in [1.29, 1.82) is 0 Å². The van der Waals surface area contributed by atoms with Gasteiger partial charge in [-0.15, -0.1) is 0 Å². The molecule has 4 aliphatic carbocycles. The maximum absolute atomic E-state index is 12.1. The predicted octanol–water partition coefficient (Wildman–Crippen LogP) is 3.75. The molecule has 0 aliphatic heterocycles. The van der Waals surface area contributed by atoms with Crippen LogP contribution >= 0.6 is 0 Å². The Morgan fingerprint density at radius 2 is 1.57 bits per heavy atom. The Morgan fingerprint density at radius 3 is 2.00 bits per heavy atom. The number of esters is 1. The van der Waals surface area contributed by atoms with Gasteiger partial charge in [0.15, 0.2) is 0 Å². The Hall–Kier alpha value is -0.830. The van der Waals surface area contributed by atoms with Gasteiger partial charge in [0, 0.05) is 12.0 Å². The Kier molecular flexibility index (Phi) is 3.12. The smallest absolute Gasteiger partial charge is 0.333 e. The molecule has 118 valence electrons. The summed E-state index contributed by atoms with van der Waals surface area (Å²) in [4.78, 5) is 12.1. The van der Waals surface area contributed by atoms with Gasteiger partial charge in [-0.25, -0.2) is 4.79 Å². The summed E-state index contributed by atoms with van der Waals surface area (Å²) < 4.78 is 5.93. The van der Waals surface area contributed by atoms with Gasteiger partial charge in [0.05, 0.1) is 5.60 Å². The standard InChI is InChI=1S/C18H28O3/c1-5-15-7-16(6-2)9-17(20,8-15)12-18(10-15,11-16)21-14(19)13(3)4/h20H,3,5-12H2,1-2,4H3. The van der Waals surface area contributed by atoms with Crippen LogP contribution in [0.25, 0.3) is 0 Å². The van der Waals surface area contributed by atoms with Crippen LogP contribution in [0.5, 0.6) is 0 Å². The van der Waals surface area contributed by atoms with Crippen LogP contribution in [0.3, 0.4) is 0 Å². The number of hydrogen-bond donors (Lipinski definition) is 1. The van der Waals surface area contributed by atoms with Crippen LogP contribution in [0.1, 0.15) is 72.1 Å². The molecule has 21 heavy (non-hydrogen) atoms. The molecule has 0 spiro atoms. The number of ether oxygens (including phenoxy) is 1. The van der Waals surface area contributed by atoms with E-state index < -0.39 is 11.2 Å². The van der Waals surface area contributed by atoms with E-state index in [1.165, 1.54) is 6.42 Å². The van der Waals surface area contributed by atoms with E-state index in [2.05, 4.69) is 20.4 Å². The van der Waals surface area contributed by atoms with Crippen molar-refractivity contribution in [3.8, 4) is 0 Å². The fourth-order valence-electron chi connectivity index (χ4n) is 6.05. The third-order valence-electron chi connectivity index (χ3n) is 6.36. The molecule has 3 nitrogen and oxygen atoms in total. The fraction of sp³-hybridized carbons (Fsp3) is 0.833. The van der Waals surface area contributed by atoms with E-state index in [0.29, 0.717) is 12.0 Å². The van der Waals surface area contributed by atoms with E-state index in [1.54, 1.807) is 6.92 Å². The predicted molar refractivity (Wildman–Crippen MR) is 81.7 cm³/mol. The molecule has 4 aliphatic rings. The van der Waals surface area contributed by atoms with E-state index in [4.69, 9.17) is 4.74 Å². The Balaban J connectivity index is 1.99. The van der Waals surface area contributed by atoms with Crippen LogP contribution in [0, 0.1) is 10.8 Å². The average Bonchev–Trinajstić information content (AvgIpc) is 2.35. The van der Waals surface area contributed by atoms with Crippen LogP contribution in [-0.4, -0.2) is 22.3 Å². The first kappa shape index (κ1) is 15.1. The van der Waals surface area contributed by atoms with Crippen molar-refractivity contribution in [2.45, 2.75) is 83.3 Å². The third kappa shape index (κ3) is 2.25. The second-order valence-electron chi connectivity index (χ2n) is 8.34. The van der Waals surface area contributed by atoms with Gasteiger partial charge in [0.1, 0.15) is 5.60 Å². The lowest BCUT2D eigenvalue weighted by Gasteiger charge is -2.68. The zero-order valence-corrected chi connectivity index (χ0v) is 13.6. The minimum Gasteiger partial charge on any atom is -0.456 e. The molecule has 2 unspecified atom stereocenters. The van der Waals surface area contributed by atoms with E-state index in [9.17, 15) is 9.90 Å². The first-order valence-corrected chi connectivity index (χ1v) is 8.30. The monoisotopic (exact) mass is 292 g/mol. The molecule has 3 heteroatoms. The zero-order chi connectivity index (χ0) is 15.5. The van der Waals surface area contributed by atoms with E-state index in [-0.39, 0.29) is 16.8 Å². The van der Waals surface area contributed by atoms with Gasteiger partial charge < -0.3 is 9.84 Å². The van der Waals surface area contributed by atoms with Crippen LogP contribution in [0.2, 0.25) is 0 Å². The molecular formula is C18H28O3. The van der Waals surface area contributed by atoms with Crippen molar-refractivity contribution >= 4 is 5.97 Å². The van der Waals surface area contributed by atoms with Crippen LogP contribution in [0.4, 0.5) is 0 Å². The minimum atomic E-state index is -0.643. The molecule has 0 aromatic heterocycles. The molecule has 0 radical (unpaired) electrons. The van der Waals surface area contributed by atoms with Crippen molar-refractivity contribution in [2.24, 2.45) is 10.8 Å². The lowest BCUT2D eigenvalue weighted by Crippen LogP contribution is -2.67. The number of hydrogen-bond acceptors (Lipinski definition) is 3. The van der Waals surface area contributed by atoms with Gasteiger partial charge in [0.2, 0.25) is 0 Å². The van der Waals surface area contributed by atoms with Crippen LogP contribution in [-0.2, 0) is 9.53 Å². The van der Waals surface area contributed by atoms with Crippen molar-refractivity contribution in [2.75, 3.05) is 0 Å². The highest BCUT2D eigenvalue weighted by Crippen LogP contribution is 2.70. The average molecular weight is 292 g/mol. The molecule has 0 amide bonds. The van der Waals surface area contributed by atoms with Gasteiger partial charge in [0.25, 0.3) is 0 Å². The summed E-state index contributed by atoms with van der Waals surface area (Å²) in [6.07, 6.45) is 7.51. The SMILES string of the molecule is C=C(C)C(=O)OC12CC3(O)CC(CC)(CC(CC)(C3)C1)C2. The molecule has 0 heterocycles. The highest BCUT2D eigenvalue weighted by atomic mass is 16.6. The summed E-state index contributed by atoms with van der Waals surface area (Å²) in [7, 11) is 0. The number of carbonyl (C=O) groups is 1. The summed E-state index contributed by atoms with van der Waals surface area (Å²) >= 11 is 0. The maximum atomic E-state index is 12.1. The fourth-order valence-corrected chi connectivity index (χ4v) is 6.05. The quantitative estimate of drug-likeness (QED) is 0.634. The minimum absolute atomic E-state index is 0.148. The lowest BCUT2D eigenvalue weighted by atomic mass is 9.40. The molecule has 1 N–H and O–H groups in total. The molecule has 4 rings (SSSR count). The second-order valence-corrected chi connectivity index (χ2v) is 8.34. The largest absolute Gasteiger partial charge is 0.456 e. The summed E-state index contributed by atoms with van der Waals surface area (Å²) in [5.41, 5.74) is -0.361. The summed E-state index contributed by atoms with van der Waals surface area (Å²) in [5, 5.41) is 11.1. The van der Waals surface area contributed by atoms with Crippen molar-refractivity contribution in [1.82, 2.24) is 0 Å². The van der Waals surface area contributed by atoms with Crippen molar-refractivity contribution < 1.29 is 14.6 Å². The van der Waals surface area contributed by atoms with Crippen LogP contribution < -0.4 is 0 Å². The maximum Gasteiger partial charge on any atom is 0.333 e. The molecule has 4 saturated carbocycles. The van der Waals surface area contributed by atoms with Crippen LogP contribution in [0.15, 0.2) is 12.2 Å². The second kappa shape index (κ2) is 4.34. The molecule has 0 saturated heterocycles. The summed E-state index contributed by atoms with van der Waals surface area (Å²) in [6, 6.07) is 0. The van der Waals surface area contributed by atoms with E-state index in [1.807, 2.05) is 0 Å². The highest BCUT2D eigenvalue weighted by Gasteiger charge is 2.68. The lowest BCUT2D eigenvalue weighted by molar-refractivity contribution is -0.267. The zero-order valence-electron chi connectivity index (χ0n) is 13.6. The molecule has 4 fully saturated rings. The Bertz CT molecular complexity index is 473. The van der Waals surface area contributed by atoms with Gasteiger partial charge in [-0.1, -0.05) is 33.3 Å². The normalized spacial score (nSPS) is 47.4. The highest BCUT2D eigenvalue weighted by molar-refractivity contribution is 5.87. The molecule has 0 aromatic carbocycles. The molecule has 2 atom stereocenters. The number of carbonyl (C=O) groups excluding carboxylic acids is 1. The Morgan fingerprint density at radius 1 is 1.05 bits per heavy atom. The van der Waals surface area contributed by atoms with E-state index in [0.717, 1.165) is 38.5 Å².